The molecule has 0 aliphatic carbocycles. The van der Waals surface area contributed by atoms with Gasteiger partial charge in [0.2, 0.25) is 0 Å². The van der Waals surface area contributed by atoms with E-state index in [1.165, 1.54) is 305 Å². The number of likely N-dealkylation sites (N-methyl/N-ethyl adjacent to an activating group) is 1. The molecule has 0 unspecified atom stereocenters. The average molecular weight is 2040 g/mol. The lowest BCUT2D eigenvalue weighted by molar-refractivity contribution is 0.0596. The van der Waals surface area contributed by atoms with Crippen molar-refractivity contribution in [1.82, 2.24) is 10.2 Å². The topological polar surface area (TPSA) is 127 Å². The van der Waals surface area contributed by atoms with Gasteiger partial charge in [-0.25, -0.2) is 4.79 Å². The van der Waals surface area contributed by atoms with E-state index in [-0.39, 0.29) is 57.1 Å². The number of Topliss-reactive ketones (excluding diaryl/α,β-unsaturated/α-hetero) is 3. The number of fused-ring (bicyclic) bond motifs is 2. The summed E-state index contributed by atoms with van der Waals surface area (Å²) < 4.78 is 4.90. The van der Waals surface area contributed by atoms with Crippen LogP contribution in [0.2, 0.25) is 0 Å². The third-order valence-electron chi connectivity index (χ3n) is 24.8. The Morgan fingerprint density at radius 2 is 0.596 bits per heavy atom. The Morgan fingerprint density at radius 3 is 0.934 bits per heavy atom. The normalized spacial score (nSPS) is 12.3. The van der Waals surface area contributed by atoms with Crippen molar-refractivity contribution < 1.29 is 33.5 Å². The lowest BCUT2D eigenvalue weighted by Crippen LogP contribution is -2.38. The minimum absolute atomic E-state index is 0. The van der Waals surface area contributed by atoms with E-state index in [0.717, 1.165) is 57.0 Å². The van der Waals surface area contributed by atoms with Gasteiger partial charge in [-0.15, -0.1) is 136 Å². The van der Waals surface area contributed by atoms with Gasteiger partial charge in [-0.2, -0.15) is 0 Å². The number of nitrogens with zero attached hydrogens (tertiary/aromatic N) is 1. The molecule has 0 bridgehead atoms. The van der Waals surface area contributed by atoms with E-state index in [0.29, 0.717) is 33.4 Å². The monoisotopic (exact) mass is 2030 g/mol. The summed E-state index contributed by atoms with van der Waals surface area (Å²) in [6.07, 6.45) is 37.8. The molecule has 1 N–H and O–H groups in total. The maximum Gasteiger partial charge on any atom is 0.338 e. The molecule has 21 heteroatoms. The summed E-state index contributed by atoms with van der Waals surface area (Å²) in [5.41, 5.74) is 9.64. The van der Waals surface area contributed by atoms with Crippen LogP contribution in [0.15, 0.2) is 182 Å². The Kier molecular flexibility index (Phi) is 39.8. The standard InChI is InChI=1S/C38H41NO2S4.C38H42O3S4.C37H39NO2S4.2CH4/c1-4-6-8-10-12-26-15-18-33(42-26)30-23-36(45-37(30)35-19-16-27(43-35)13-11-9-7-5-2)34-21-20-32(44-34)25-14-17-28-29(22-25)31(40)24-39(3)38(28)41;1-5-7-9-11-13-27-16-19-33(42-27)31-24-36(45-37(31)35-20-17-28(43-35)14-12-10-8-6-2)34-22-21-32(44-34)26-15-18-29(38(40)41-4)30(23-26)25(3)39;1-3-5-7-9-11-25-14-17-32(41-25)29-22-35(44-36(29)34-18-15-26(42-34)12-10-8-6-4-2)33-20-19-31(43-33)24-13-16-27-28(21-24)30(39)23-38-37(27)40;;/h14-23H,4-13,24H2,1-3H3;15-24H,5-14H2,1-4H3;13-22H,3-12,23H2,1-2H3,(H,38,40);2*1H4. The highest BCUT2D eigenvalue weighted by Gasteiger charge is 2.31. The minimum atomic E-state index is -0.493. The number of ether oxygens (including phenoxy) is 1. The number of methoxy groups -OCH3 is 1. The second-order valence-electron chi connectivity index (χ2n) is 35.0. The third-order valence-corrected chi connectivity index (χ3v) is 39.7. The number of aryl methyl sites for hydroxylation is 6. The van der Waals surface area contributed by atoms with Crippen molar-refractivity contribution in [1.29, 1.82) is 0 Å². The van der Waals surface area contributed by atoms with E-state index in [9.17, 15) is 28.8 Å². The Bertz CT molecular complexity index is 6070. The summed E-state index contributed by atoms with van der Waals surface area (Å²) in [5.74, 6) is -0.938. The molecule has 2 aliphatic heterocycles. The summed E-state index contributed by atoms with van der Waals surface area (Å²) in [7, 11) is 3.02. The molecule has 714 valence electrons. The van der Waals surface area contributed by atoms with E-state index in [2.05, 4.69) is 174 Å². The fraction of sp³-hybridized carbons (Fsp3) is 0.374. The largest absolute Gasteiger partial charge is 0.465 e. The van der Waals surface area contributed by atoms with Gasteiger partial charge >= 0.3 is 5.97 Å². The zero-order valence-electron chi connectivity index (χ0n) is 78.7. The summed E-state index contributed by atoms with van der Waals surface area (Å²) in [5, 5.41) is 2.66. The van der Waals surface area contributed by atoms with Gasteiger partial charge in [0.15, 0.2) is 17.3 Å². The highest BCUT2D eigenvalue weighted by molar-refractivity contribution is 7.30. The van der Waals surface area contributed by atoms with Gasteiger partial charge in [0, 0.05) is 143 Å². The van der Waals surface area contributed by atoms with Gasteiger partial charge in [0.05, 0.1) is 51.5 Å². The fourth-order valence-electron chi connectivity index (χ4n) is 17.2. The number of nitrogens with one attached hydrogen (secondary N) is 1. The number of hydrogen-bond acceptors (Lipinski definition) is 19. The van der Waals surface area contributed by atoms with Gasteiger partial charge in [0.25, 0.3) is 11.8 Å². The first-order chi connectivity index (χ1) is 65.4. The maximum absolute atomic E-state index is 12.8. The smallest absolute Gasteiger partial charge is 0.338 e. The number of carbonyl (C=O) groups excluding carboxylic acids is 6. The van der Waals surface area contributed by atoms with E-state index in [1.807, 2.05) is 144 Å². The molecule has 3 aromatic carbocycles. The molecule has 15 aromatic rings. The molecule has 2 aliphatic rings. The fourth-order valence-corrected chi connectivity index (χ4v) is 30.9. The summed E-state index contributed by atoms with van der Waals surface area (Å²) in [6.45, 7) is 15.3. The van der Waals surface area contributed by atoms with Crippen molar-refractivity contribution in [2.24, 2.45) is 0 Å². The number of unbranched alkanes of at least 4 members (excludes halogenated alkanes) is 18. The number of thiophene rings is 12. The molecule has 0 radical (unpaired) electrons. The average Bonchev–Trinajstić information content (AvgIpc) is 1.54. The lowest BCUT2D eigenvalue weighted by atomic mass is 9.95. The van der Waals surface area contributed by atoms with E-state index < -0.39 is 5.97 Å². The molecule has 0 atom stereocenters. The molecule has 0 saturated heterocycles. The maximum atomic E-state index is 12.8. The predicted octanol–water partition coefficient (Wildman–Crippen LogP) is 38.0. The van der Waals surface area contributed by atoms with Crippen LogP contribution in [0.3, 0.4) is 0 Å². The van der Waals surface area contributed by atoms with Crippen molar-refractivity contribution >= 4 is 171 Å². The number of ketones is 3. The van der Waals surface area contributed by atoms with Gasteiger partial charge in [-0.05, 0) is 264 Å². The number of hydrogen-bond donors (Lipinski definition) is 1. The number of benzene rings is 3. The molecule has 2 amide bonds. The Balaban J connectivity index is 0.000000171. The Morgan fingerprint density at radius 1 is 0.294 bits per heavy atom. The molecule has 17 rings (SSSR count). The molecule has 14 heterocycles. The predicted molar refractivity (Wildman–Crippen MR) is 599 cm³/mol. The highest BCUT2D eigenvalue weighted by atomic mass is 32.1. The SMILES string of the molecule is C.C.CCCCCCc1ccc(-c2cc(-c3ccc(-c4ccc(C(=O)OC)c(C(C)=O)c4)s3)sc2-c2ccc(CCCCCC)s2)s1.CCCCCCc1ccc(-c2cc(-c3ccc(-c4ccc5c(c4)C(=O)CN(C)C5=O)s3)sc2-c2ccc(CCCCCC)s2)s1.CCCCCCc1ccc(-c2cc(-c3ccc(-c4ccc5c(c4)C(=O)CNC5=O)s3)sc2-c2ccc(CCCCCC)s2)s1. The van der Waals surface area contributed by atoms with Crippen molar-refractivity contribution in [3.63, 3.8) is 0 Å². The van der Waals surface area contributed by atoms with Crippen LogP contribution < -0.4 is 5.32 Å². The Hall–Kier alpha value is -8.52. The zero-order chi connectivity index (χ0) is 93.6. The van der Waals surface area contributed by atoms with E-state index in [4.69, 9.17) is 4.74 Å². The van der Waals surface area contributed by atoms with Gasteiger partial charge in [-0.3, -0.25) is 24.0 Å². The number of esters is 1. The first kappa shape index (κ1) is 105. The van der Waals surface area contributed by atoms with Crippen LogP contribution in [0.25, 0.3) is 121 Å². The number of rotatable bonds is 44. The van der Waals surface area contributed by atoms with Crippen LogP contribution in [0, 0.1) is 0 Å². The van der Waals surface area contributed by atoms with E-state index in [1.54, 1.807) is 53.2 Å². The van der Waals surface area contributed by atoms with Crippen molar-refractivity contribution in [3.8, 4) is 121 Å². The quantitative estimate of drug-likeness (QED) is 0.0229. The number of carbonyl (C=O) groups is 6. The molecule has 0 fully saturated rings. The molecule has 9 nitrogen and oxygen atoms in total. The van der Waals surface area contributed by atoms with Gasteiger partial charge in [-0.1, -0.05) is 190 Å². The first-order valence-corrected chi connectivity index (χ1v) is 58.1. The summed E-state index contributed by atoms with van der Waals surface area (Å²) >= 11 is 22.6. The highest BCUT2D eigenvalue weighted by Crippen LogP contribution is 2.54. The molecular formula is C115H130N2O7S12. The second-order valence-corrected chi connectivity index (χ2v) is 48.4. The molecular weight excluding hydrogens is 1910 g/mol. The third kappa shape index (κ3) is 26.6. The summed E-state index contributed by atoms with van der Waals surface area (Å²) in [4.78, 5) is 108. The van der Waals surface area contributed by atoms with Crippen molar-refractivity contribution in [2.75, 3.05) is 27.2 Å². The molecule has 12 aromatic heterocycles. The first-order valence-electron chi connectivity index (χ1n) is 48.3. The minimum Gasteiger partial charge on any atom is -0.465 e. The van der Waals surface area contributed by atoms with Crippen LogP contribution in [0.5, 0.6) is 0 Å². The summed E-state index contributed by atoms with van der Waals surface area (Å²) in [6, 6.07) is 64.9. The van der Waals surface area contributed by atoms with Crippen LogP contribution in [0.4, 0.5) is 0 Å². The Labute approximate surface area is 855 Å². The van der Waals surface area contributed by atoms with Gasteiger partial charge in [0.1, 0.15) is 0 Å². The van der Waals surface area contributed by atoms with Crippen LogP contribution in [-0.2, 0) is 43.3 Å². The molecule has 0 spiro atoms. The molecule has 136 heavy (non-hydrogen) atoms. The zero-order valence-corrected chi connectivity index (χ0v) is 88.4. The second kappa shape index (κ2) is 51.6. The van der Waals surface area contributed by atoms with Gasteiger partial charge < -0.3 is 15.0 Å². The molecule has 0 saturated carbocycles. The number of amides is 2. The van der Waals surface area contributed by atoms with Crippen LogP contribution >= 0.6 is 136 Å². The lowest BCUT2D eigenvalue weighted by Gasteiger charge is -2.23. The van der Waals surface area contributed by atoms with Crippen LogP contribution in [-0.4, -0.2) is 67.3 Å². The van der Waals surface area contributed by atoms with Crippen LogP contribution in [0.1, 0.15) is 309 Å². The van der Waals surface area contributed by atoms with Crippen molar-refractivity contribution in [3.05, 3.63) is 245 Å². The van der Waals surface area contributed by atoms with E-state index >= 15 is 0 Å². The van der Waals surface area contributed by atoms with Crippen molar-refractivity contribution in [2.45, 2.75) is 256 Å².